The molecule has 2 unspecified atom stereocenters. The SMILES string of the molecule is CCC(CN)CC(=O)NC(C)c1ccc(OC)c(OC)c1. The lowest BCUT2D eigenvalue weighted by molar-refractivity contribution is -0.122. The quantitative estimate of drug-likeness (QED) is 0.771. The summed E-state index contributed by atoms with van der Waals surface area (Å²) in [4.78, 5) is 12.0. The highest BCUT2D eigenvalue weighted by atomic mass is 16.5. The first kappa shape index (κ1) is 17.3. The van der Waals surface area contributed by atoms with Gasteiger partial charge in [-0.05, 0) is 37.1 Å². The van der Waals surface area contributed by atoms with Gasteiger partial charge < -0.3 is 20.5 Å². The molecule has 0 aliphatic carbocycles. The Bertz CT molecular complexity index is 459. The first-order valence-corrected chi connectivity index (χ1v) is 7.27. The van der Waals surface area contributed by atoms with Crippen molar-refractivity contribution in [2.45, 2.75) is 32.7 Å². The molecule has 1 aromatic rings. The topological polar surface area (TPSA) is 73.6 Å². The van der Waals surface area contributed by atoms with Crippen LogP contribution in [0.25, 0.3) is 0 Å². The Labute approximate surface area is 126 Å². The lowest BCUT2D eigenvalue weighted by atomic mass is 10.0. The van der Waals surface area contributed by atoms with Crippen molar-refractivity contribution in [2.75, 3.05) is 20.8 Å². The molecule has 5 nitrogen and oxygen atoms in total. The summed E-state index contributed by atoms with van der Waals surface area (Å²) in [6.07, 6.45) is 1.37. The summed E-state index contributed by atoms with van der Waals surface area (Å²) in [6, 6.07) is 5.55. The third-order valence-electron chi connectivity index (χ3n) is 3.67. The van der Waals surface area contributed by atoms with Crippen molar-refractivity contribution in [1.29, 1.82) is 0 Å². The molecule has 1 amide bonds. The van der Waals surface area contributed by atoms with Gasteiger partial charge in [0.25, 0.3) is 0 Å². The number of carbonyl (C=O) groups excluding carboxylic acids is 1. The van der Waals surface area contributed by atoms with E-state index in [-0.39, 0.29) is 17.9 Å². The molecule has 0 saturated carbocycles. The van der Waals surface area contributed by atoms with Crippen LogP contribution in [-0.2, 0) is 4.79 Å². The number of ether oxygens (including phenoxy) is 2. The summed E-state index contributed by atoms with van der Waals surface area (Å²) in [5.74, 6) is 1.59. The summed E-state index contributed by atoms with van der Waals surface area (Å²) in [6.45, 7) is 4.53. The maximum atomic E-state index is 12.0. The van der Waals surface area contributed by atoms with Gasteiger partial charge in [0.1, 0.15) is 0 Å². The molecule has 0 aliphatic rings. The molecule has 1 rings (SSSR count). The Balaban J connectivity index is 2.71. The molecule has 0 heterocycles. The van der Waals surface area contributed by atoms with Crippen LogP contribution in [0, 0.1) is 5.92 Å². The fourth-order valence-electron chi connectivity index (χ4n) is 2.16. The Morgan fingerprint density at radius 2 is 1.95 bits per heavy atom. The van der Waals surface area contributed by atoms with E-state index >= 15 is 0 Å². The smallest absolute Gasteiger partial charge is 0.220 e. The zero-order valence-electron chi connectivity index (χ0n) is 13.3. The second-order valence-electron chi connectivity index (χ2n) is 5.12. The molecule has 118 valence electrons. The summed E-state index contributed by atoms with van der Waals surface area (Å²) < 4.78 is 10.5. The normalized spacial score (nSPS) is 13.4. The summed E-state index contributed by atoms with van der Waals surface area (Å²) in [5.41, 5.74) is 6.61. The van der Waals surface area contributed by atoms with Crippen LogP contribution < -0.4 is 20.5 Å². The molecule has 1 aromatic carbocycles. The highest BCUT2D eigenvalue weighted by molar-refractivity contribution is 5.76. The van der Waals surface area contributed by atoms with Gasteiger partial charge in [-0.1, -0.05) is 19.4 Å². The molecule has 21 heavy (non-hydrogen) atoms. The Hall–Kier alpha value is -1.75. The number of carbonyl (C=O) groups is 1. The van der Waals surface area contributed by atoms with Crippen LogP contribution in [0.1, 0.15) is 38.3 Å². The van der Waals surface area contributed by atoms with Gasteiger partial charge in [0.2, 0.25) is 5.91 Å². The van der Waals surface area contributed by atoms with Crippen molar-refractivity contribution in [2.24, 2.45) is 11.7 Å². The number of rotatable bonds is 8. The van der Waals surface area contributed by atoms with E-state index in [1.807, 2.05) is 32.0 Å². The van der Waals surface area contributed by atoms with Crippen molar-refractivity contribution in [1.82, 2.24) is 5.32 Å². The highest BCUT2D eigenvalue weighted by Gasteiger charge is 2.15. The maximum absolute atomic E-state index is 12.0. The van der Waals surface area contributed by atoms with Crippen LogP contribution in [0.2, 0.25) is 0 Å². The third-order valence-corrected chi connectivity index (χ3v) is 3.67. The number of nitrogens with one attached hydrogen (secondary N) is 1. The minimum atomic E-state index is -0.0902. The summed E-state index contributed by atoms with van der Waals surface area (Å²) in [7, 11) is 3.19. The Kier molecular flexibility index (Phi) is 7.02. The minimum absolute atomic E-state index is 0.0228. The predicted octanol–water partition coefficient (Wildman–Crippen LogP) is 2.26. The van der Waals surface area contributed by atoms with Crippen molar-refractivity contribution in [3.05, 3.63) is 23.8 Å². The first-order valence-electron chi connectivity index (χ1n) is 7.27. The number of hydrogen-bond acceptors (Lipinski definition) is 4. The zero-order chi connectivity index (χ0) is 15.8. The Morgan fingerprint density at radius 1 is 1.29 bits per heavy atom. The second-order valence-corrected chi connectivity index (χ2v) is 5.12. The zero-order valence-corrected chi connectivity index (χ0v) is 13.3. The summed E-state index contributed by atoms with van der Waals surface area (Å²) >= 11 is 0. The summed E-state index contributed by atoms with van der Waals surface area (Å²) in [5, 5.41) is 2.99. The van der Waals surface area contributed by atoms with Crippen molar-refractivity contribution in [3.63, 3.8) is 0 Å². The lowest BCUT2D eigenvalue weighted by Crippen LogP contribution is -2.30. The third kappa shape index (κ3) is 4.93. The lowest BCUT2D eigenvalue weighted by Gasteiger charge is -2.18. The van der Waals surface area contributed by atoms with Gasteiger partial charge in [0.05, 0.1) is 20.3 Å². The van der Waals surface area contributed by atoms with E-state index in [1.54, 1.807) is 14.2 Å². The number of nitrogens with two attached hydrogens (primary N) is 1. The number of amides is 1. The molecule has 5 heteroatoms. The van der Waals surface area contributed by atoms with E-state index in [0.717, 1.165) is 12.0 Å². The number of benzene rings is 1. The molecule has 3 N–H and O–H groups in total. The van der Waals surface area contributed by atoms with Crippen LogP contribution in [0.3, 0.4) is 0 Å². The molecular formula is C16H26N2O3. The molecule has 0 fully saturated rings. The van der Waals surface area contributed by atoms with E-state index in [2.05, 4.69) is 5.32 Å². The maximum Gasteiger partial charge on any atom is 0.220 e. The van der Waals surface area contributed by atoms with Crippen molar-refractivity contribution >= 4 is 5.91 Å². The van der Waals surface area contributed by atoms with Crippen LogP contribution >= 0.6 is 0 Å². The molecular weight excluding hydrogens is 268 g/mol. The fraction of sp³-hybridized carbons (Fsp3) is 0.562. The molecule has 0 spiro atoms. The minimum Gasteiger partial charge on any atom is -0.493 e. The molecule has 0 aromatic heterocycles. The van der Waals surface area contributed by atoms with Gasteiger partial charge in [-0.2, -0.15) is 0 Å². The predicted molar refractivity (Wildman–Crippen MR) is 83.6 cm³/mol. The second kappa shape index (κ2) is 8.52. The van der Waals surface area contributed by atoms with Crippen LogP contribution in [0.15, 0.2) is 18.2 Å². The average molecular weight is 294 g/mol. The fourth-order valence-corrected chi connectivity index (χ4v) is 2.16. The molecule has 2 atom stereocenters. The van der Waals surface area contributed by atoms with Gasteiger partial charge >= 0.3 is 0 Å². The van der Waals surface area contributed by atoms with E-state index in [9.17, 15) is 4.79 Å². The van der Waals surface area contributed by atoms with E-state index in [1.165, 1.54) is 0 Å². The van der Waals surface area contributed by atoms with Crippen molar-refractivity contribution < 1.29 is 14.3 Å². The number of methoxy groups -OCH3 is 2. The van der Waals surface area contributed by atoms with Crippen molar-refractivity contribution in [3.8, 4) is 11.5 Å². The highest BCUT2D eigenvalue weighted by Crippen LogP contribution is 2.29. The molecule has 0 aliphatic heterocycles. The van der Waals surface area contributed by atoms with E-state index in [0.29, 0.717) is 24.5 Å². The molecule has 0 bridgehead atoms. The monoisotopic (exact) mass is 294 g/mol. The van der Waals surface area contributed by atoms with E-state index in [4.69, 9.17) is 15.2 Å². The van der Waals surface area contributed by atoms with Gasteiger partial charge in [0, 0.05) is 6.42 Å². The van der Waals surface area contributed by atoms with Crippen LogP contribution in [0.5, 0.6) is 11.5 Å². The number of hydrogen-bond donors (Lipinski definition) is 2. The van der Waals surface area contributed by atoms with Gasteiger partial charge in [-0.25, -0.2) is 0 Å². The van der Waals surface area contributed by atoms with Gasteiger partial charge in [-0.15, -0.1) is 0 Å². The van der Waals surface area contributed by atoms with E-state index < -0.39 is 0 Å². The van der Waals surface area contributed by atoms with Gasteiger partial charge in [-0.3, -0.25) is 4.79 Å². The molecule has 0 saturated heterocycles. The van der Waals surface area contributed by atoms with Crippen LogP contribution in [-0.4, -0.2) is 26.7 Å². The Morgan fingerprint density at radius 3 is 2.48 bits per heavy atom. The van der Waals surface area contributed by atoms with Gasteiger partial charge in [0.15, 0.2) is 11.5 Å². The first-order chi connectivity index (χ1) is 10.0. The average Bonchev–Trinajstić information content (AvgIpc) is 2.51. The standard InChI is InChI=1S/C16H26N2O3/c1-5-12(10-17)8-16(19)18-11(2)13-6-7-14(20-3)15(9-13)21-4/h6-7,9,11-12H,5,8,10,17H2,1-4H3,(H,18,19). The molecule has 0 radical (unpaired) electrons. The van der Waals surface area contributed by atoms with Crippen LogP contribution in [0.4, 0.5) is 0 Å². The largest absolute Gasteiger partial charge is 0.493 e.